The maximum atomic E-state index is 7.12. The first-order valence-corrected chi connectivity index (χ1v) is 15.0. The maximum Gasteiger partial charge on any atom is 0.155 e. The highest BCUT2D eigenvalue weighted by atomic mass is 16.6. The summed E-state index contributed by atoms with van der Waals surface area (Å²) >= 11 is 0. The van der Waals surface area contributed by atoms with Gasteiger partial charge >= 0.3 is 0 Å². The summed E-state index contributed by atoms with van der Waals surface area (Å²) in [7, 11) is 0. The Balaban J connectivity index is 1.57. The van der Waals surface area contributed by atoms with Crippen LogP contribution in [0, 0.1) is 0 Å². The number of epoxide rings is 4. The number of hydrogen-bond donors (Lipinski definition) is 2. The van der Waals surface area contributed by atoms with E-state index in [4.69, 9.17) is 35.2 Å². The van der Waals surface area contributed by atoms with Gasteiger partial charge in [0.15, 0.2) is 5.75 Å². The highest BCUT2D eigenvalue weighted by Crippen LogP contribution is 2.47. The molecular weight excluding hydrogens is 492 g/mol. The fourth-order valence-electron chi connectivity index (χ4n) is 6.46. The molecule has 0 radical (unpaired) electrons. The zero-order chi connectivity index (χ0) is 27.3. The lowest BCUT2D eigenvalue weighted by atomic mass is 9.82. The average Bonchev–Trinajstić information content (AvgIpc) is 3.76. The largest absolute Gasteiger partial charge is 0.454 e. The van der Waals surface area contributed by atoms with E-state index < -0.39 is 0 Å². The van der Waals surface area contributed by atoms with E-state index >= 15 is 0 Å². The molecule has 7 nitrogen and oxygen atoms in total. The van der Waals surface area contributed by atoms with Crippen molar-refractivity contribution in [1.29, 1.82) is 0 Å². The number of anilines is 2. The summed E-state index contributed by atoms with van der Waals surface area (Å²) in [6.07, 6.45) is 8.02. The quantitative estimate of drug-likeness (QED) is 0.267. The molecule has 4 aliphatic heterocycles. The van der Waals surface area contributed by atoms with Gasteiger partial charge in [0, 0.05) is 36.8 Å². The molecule has 0 aromatic heterocycles. The van der Waals surface area contributed by atoms with Gasteiger partial charge in [-0.15, -0.1) is 0 Å². The van der Waals surface area contributed by atoms with E-state index in [1.54, 1.807) is 0 Å². The molecule has 4 N–H and O–H groups in total. The third kappa shape index (κ3) is 5.51. The van der Waals surface area contributed by atoms with Gasteiger partial charge in [-0.2, -0.15) is 0 Å². The van der Waals surface area contributed by atoms with E-state index in [0.29, 0.717) is 17.5 Å². The van der Waals surface area contributed by atoms with Crippen LogP contribution in [0.15, 0.2) is 0 Å². The van der Waals surface area contributed by atoms with E-state index in [-0.39, 0.29) is 18.3 Å². The number of hydrogen-bond acceptors (Lipinski definition) is 7. The molecule has 4 fully saturated rings. The topological polar surface area (TPSA) is 111 Å². The maximum absolute atomic E-state index is 7.12. The Morgan fingerprint density at radius 3 is 1.26 bits per heavy atom. The van der Waals surface area contributed by atoms with Crippen molar-refractivity contribution < 1.29 is 23.7 Å². The Morgan fingerprint density at radius 2 is 0.846 bits per heavy atom. The first-order valence-electron chi connectivity index (χ1n) is 15.0. The summed E-state index contributed by atoms with van der Waals surface area (Å²) in [4.78, 5) is 0. The predicted molar refractivity (Wildman–Crippen MR) is 153 cm³/mol. The van der Waals surface area contributed by atoms with Crippen molar-refractivity contribution in [2.45, 2.75) is 103 Å². The molecule has 39 heavy (non-hydrogen) atoms. The van der Waals surface area contributed by atoms with Crippen LogP contribution in [-0.2, 0) is 70.3 Å². The molecule has 4 heterocycles. The summed E-state index contributed by atoms with van der Waals surface area (Å²) in [6.45, 7) is 12.0. The lowest BCUT2D eigenvalue weighted by Gasteiger charge is -2.28. The number of nitrogen functional groups attached to an aromatic ring is 2. The van der Waals surface area contributed by atoms with Gasteiger partial charge in [0.1, 0.15) is 5.75 Å². The zero-order valence-electron chi connectivity index (χ0n) is 24.0. The van der Waals surface area contributed by atoms with Gasteiger partial charge in [-0.05, 0) is 59.1 Å². The van der Waals surface area contributed by atoms with Crippen LogP contribution in [-0.4, -0.2) is 50.8 Å². The van der Waals surface area contributed by atoms with Crippen LogP contribution in [0.2, 0.25) is 0 Å². The molecule has 0 amide bonds. The SMILES string of the molecule is CCc1c(N)c(N)c(Oc2c(CC)c(CC3CO3)c(CC3CO3)c(CC3CO3)c2CC2CO2)c(CC)c1CC. The minimum atomic E-state index is 0.223. The average molecular weight is 537 g/mol. The van der Waals surface area contributed by atoms with Crippen LogP contribution in [0.25, 0.3) is 0 Å². The van der Waals surface area contributed by atoms with E-state index in [2.05, 4.69) is 27.7 Å². The molecule has 0 saturated carbocycles. The van der Waals surface area contributed by atoms with Crippen LogP contribution in [0.1, 0.15) is 72.2 Å². The van der Waals surface area contributed by atoms with Crippen molar-refractivity contribution in [3.05, 3.63) is 44.5 Å². The fourth-order valence-corrected chi connectivity index (χ4v) is 6.46. The van der Waals surface area contributed by atoms with Crippen molar-refractivity contribution >= 4 is 11.4 Å². The smallest absolute Gasteiger partial charge is 0.155 e. The molecule has 0 spiro atoms. The van der Waals surface area contributed by atoms with Gasteiger partial charge in [0.2, 0.25) is 0 Å². The number of benzene rings is 2. The zero-order valence-corrected chi connectivity index (χ0v) is 24.0. The monoisotopic (exact) mass is 536 g/mol. The third-order valence-corrected chi connectivity index (χ3v) is 8.82. The Kier molecular flexibility index (Phi) is 7.53. The fraction of sp³-hybridized carbons (Fsp3) is 0.625. The Hall–Kier alpha value is -2.32. The number of ether oxygens (including phenoxy) is 5. The highest BCUT2D eigenvalue weighted by Gasteiger charge is 2.37. The van der Waals surface area contributed by atoms with E-state index in [0.717, 1.165) is 94.9 Å². The molecule has 2 aromatic carbocycles. The third-order valence-electron chi connectivity index (χ3n) is 8.82. The van der Waals surface area contributed by atoms with Gasteiger partial charge < -0.3 is 35.2 Å². The second-order valence-electron chi connectivity index (χ2n) is 11.5. The van der Waals surface area contributed by atoms with Crippen LogP contribution in [0.5, 0.6) is 11.5 Å². The first kappa shape index (κ1) is 26.9. The Bertz CT molecular complexity index is 1240. The minimum absolute atomic E-state index is 0.223. The van der Waals surface area contributed by atoms with E-state index in [1.165, 1.54) is 38.9 Å². The van der Waals surface area contributed by atoms with E-state index in [9.17, 15) is 0 Å². The molecule has 0 aliphatic carbocycles. The summed E-state index contributed by atoms with van der Waals surface area (Å²) in [5.41, 5.74) is 24.9. The van der Waals surface area contributed by atoms with Crippen molar-refractivity contribution in [3.8, 4) is 11.5 Å². The van der Waals surface area contributed by atoms with Gasteiger partial charge in [0.25, 0.3) is 0 Å². The molecule has 6 rings (SSSR count). The second kappa shape index (κ2) is 10.9. The lowest BCUT2D eigenvalue weighted by molar-refractivity contribution is 0.390. The summed E-state index contributed by atoms with van der Waals surface area (Å²) < 4.78 is 30.2. The van der Waals surface area contributed by atoms with Crippen LogP contribution < -0.4 is 16.2 Å². The van der Waals surface area contributed by atoms with Crippen LogP contribution >= 0.6 is 0 Å². The molecule has 4 aliphatic rings. The Morgan fingerprint density at radius 1 is 0.487 bits per heavy atom. The normalized spacial score (nSPS) is 24.6. The molecule has 7 heteroatoms. The summed E-state index contributed by atoms with van der Waals surface area (Å²) in [5.74, 6) is 1.68. The van der Waals surface area contributed by atoms with Crippen LogP contribution in [0.4, 0.5) is 11.4 Å². The molecule has 4 unspecified atom stereocenters. The van der Waals surface area contributed by atoms with Crippen molar-refractivity contribution in [1.82, 2.24) is 0 Å². The highest BCUT2D eigenvalue weighted by molar-refractivity contribution is 5.79. The Labute approximate surface area is 232 Å². The minimum Gasteiger partial charge on any atom is -0.454 e. The van der Waals surface area contributed by atoms with Crippen LogP contribution in [0.3, 0.4) is 0 Å². The molecule has 0 bridgehead atoms. The second-order valence-corrected chi connectivity index (χ2v) is 11.5. The number of rotatable bonds is 14. The molecule has 2 aromatic rings. The molecule has 212 valence electrons. The summed E-state index contributed by atoms with van der Waals surface area (Å²) in [5, 5.41) is 0. The standard InChI is InChI=1S/C32H44N2O5/c1-5-21-22(6-2)29(33)30(34)32(23(21)7-3)39-31-24(8-4)25(9-17-13-35-17)26(10-18-14-36-18)27(11-19-15-37-19)28(31)12-20-16-38-20/h17-20H,5-16,33-34H2,1-4H3. The van der Waals surface area contributed by atoms with Crippen molar-refractivity contribution in [2.24, 2.45) is 0 Å². The number of nitrogens with two attached hydrogens (primary N) is 2. The van der Waals surface area contributed by atoms with Crippen molar-refractivity contribution in [3.63, 3.8) is 0 Å². The van der Waals surface area contributed by atoms with Gasteiger partial charge in [-0.1, -0.05) is 27.7 Å². The first-order chi connectivity index (χ1) is 19.0. The molecular formula is C32H44N2O5. The predicted octanol–water partition coefficient (Wildman–Crippen LogP) is 4.66. The van der Waals surface area contributed by atoms with Gasteiger partial charge in [-0.3, -0.25) is 0 Å². The van der Waals surface area contributed by atoms with E-state index in [1.807, 2.05) is 0 Å². The van der Waals surface area contributed by atoms with Crippen molar-refractivity contribution in [2.75, 3.05) is 37.9 Å². The summed E-state index contributed by atoms with van der Waals surface area (Å²) in [6, 6.07) is 0. The molecule has 4 saturated heterocycles. The molecule has 4 atom stereocenters. The lowest BCUT2D eigenvalue weighted by Crippen LogP contribution is -2.18. The van der Waals surface area contributed by atoms with Gasteiger partial charge in [0.05, 0.1) is 62.2 Å². The van der Waals surface area contributed by atoms with Gasteiger partial charge in [-0.25, -0.2) is 0 Å².